The lowest BCUT2D eigenvalue weighted by atomic mass is 10.0. The van der Waals surface area contributed by atoms with Crippen molar-refractivity contribution >= 4 is 8.07 Å². The second-order valence-electron chi connectivity index (χ2n) is 7.10. The van der Waals surface area contributed by atoms with Crippen LogP contribution in [0.4, 0.5) is 0 Å². The van der Waals surface area contributed by atoms with Gasteiger partial charge in [-0.1, -0.05) is 87.4 Å². The topological polar surface area (TPSA) is 33.0 Å². The van der Waals surface area contributed by atoms with Crippen LogP contribution in [0.25, 0.3) is 0 Å². The van der Waals surface area contributed by atoms with Crippen LogP contribution in [-0.2, 0) is 4.74 Å². The molecule has 0 amide bonds. The highest BCUT2D eigenvalue weighted by atomic mass is 28.3. The summed E-state index contributed by atoms with van der Waals surface area (Å²) in [6.07, 6.45) is 2.64. The normalized spacial score (nSPS) is 13.6. The lowest BCUT2D eigenvalue weighted by Crippen LogP contribution is -2.41. The van der Waals surface area contributed by atoms with Crippen molar-refractivity contribution in [2.45, 2.75) is 57.2 Å². The van der Waals surface area contributed by atoms with Gasteiger partial charge in [-0.25, -0.2) is 0 Å². The molecule has 0 unspecified atom stereocenters. The van der Waals surface area contributed by atoms with E-state index in [9.17, 15) is 0 Å². The SMILES string of the molecule is C=CC[C@H](O[C@H](c1ccccc1)[Si](CC)(CC)CC)c1ccc(C#N)cc1. The van der Waals surface area contributed by atoms with Gasteiger partial charge in [0.05, 0.1) is 31.5 Å². The molecule has 27 heavy (non-hydrogen) atoms. The van der Waals surface area contributed by atoms with Gasteiger partial charge in [-0.2, -0.15) is 5.26 Å². The molecule has 2 aromatic rings. The average molecular weight is 378 g/mol. The molecule has 0 saturated carbocycles. The molecule has 0 N–H and O–H groups in total. The molecule has 0 aromatic heterocycles. The zero-order valence-corrected chi connectivity index (χ0v) is 17.8. The number of rotatable bonds is 10. The summed E-state index contributed by atoms with van der Waals surface area (Å²) in [5, 5.41) is 9.08. The Morgan fingerprint density at radius 2 is 1.56 bits per heavy atom. The standard InChI is InChI=1S/C24H31NOSi/c1-5-12-23(21-17-15-20(19-25)16-18-21)26-24(22-13-10-9-11-14-22)27(6-2,7-3)8-4/h5,9-11,13-18,23-24H,1,6-8,12H2,2-4H3/t23-,24-/m0/s1. The lowest BCUT2D eigenvalue weighted by molar-refractivity contribution is 0.0234. The van der Waals surface area contributed by atoms with E-state index in [1.165, 1.54) is 23.7 Å². The third-order valence-electron chi connectivity index (χ3n) is 5.86. The molecule has 0 heterocycles. The number of ether oxygens (including phenoxy) is 1. The molecule has 2 aromatic carbocycles. The summed E-state index contributed by atoms with van der Waals surface area (Å²) in [5.74, 6) is 0. The second-order valence-corrected chi connectivity index (χ2v) is 12.5. The molecule has 0 aliphatic heterocycles. The Hall–Kier alpha value is -2.15. The van der Waals surface area contributed by atoms with Crippen LogP contribution < -0.4 is 0 Å². The first-order valence-electron chi connectivity index (χ1n) is 9.95. The summed E-state index contributed by atoms with van der Waals surface area (Å²) in [4.78, 5) is 0. The fourth-order valence-electron chi connectivity index (χ4n) is 3.87. The highest BCUT2D eigenvalue weighted by Gasteiger charge is 2.39. The van der Waals surface area contributed by atoms with E-state index in [4.69, 9.17) is 10.00 Å². The Morgan fingerprint density at radius 3 is 2.04 bits per heavy atom. The molecule has 0 bridgehead atoms. The van der Waals surface area contributed by atoms with Gasteiger partial charge < -0.3 is 4.74 Å². The summed E-state index contributed by atoms with van der Waals surface area (Å²) >= 11 is 0. The highest BCUT2D eigenvalue weighted by molar-refractivity contribution is 6.80. The molecule has 3 heteroatoms. The maximum absolute atomic E-state index is 9.08. The minimum Gasteiger partial charge on any atom is -0.369 e. The monoisotopic (exact) mass is 377 g/mol. The minimum absolute atomic E-state index is 0.0445. The van der Waals surface area contributed by atoms with E-state index in [-0.39, 0.29) is 11.8 Å². The predicted octanol–water partition coefficient (Wildman–Crippen LogP) is 6.98. The van der Waals surface area contributed by atoms with Crippen LogP contribution in [0.1, 0.15) is 55.7 Å². The van der Waals surface area contributed by atoms with Crippen LogP contribution in [0, 0.1) is 11.3 Å². The van der Waals surface area contributed by atoms with E-state index in [0.717, 1.165) is 12.0 Å². The maximum Gasteiger partial charge on any atom is 0.0991 e. The fourth-order valence-corrected chi connectivity index (χ4v) is 7.83. The Kier molecular flexibility index (Phi) is 8.03. The number of nitriles is 1. The van der Waals surface area contributed by atoms with Crippen LogP contribution in [0.2, 0.25) is 18.1 Å². The van der Waals surface area contributed by atoms with Crippen molar-refractivity contribution < 1.29 is 4.74 Å². The number of benzene rings is 2. The van der Waals surface area contributed by atoms with E-state index < -0.39 is 8.07 Å². The van der Waals surface area contributed by atoms with Gasteiger partial charge in [-0.3, -0.25) is 0 Å². The molecule has 2 atom stereocenters. The van der Waals surface area contributed by atoms with Crippen LogP contribution in [0.5, 0.6) is 0 Å². The molecule has 0 saturated heterocycles. The third-order valence-corrected chi connectivity index (χ3v) is 11.7. The summed E-state index contributed by atoms with van der Waals surface area (Å²) in [7, 11) is -1.64. The van der Waals surface area contributed by atoms with Crippen molar-refractivity contribution in [1.82, 2.24) is 0 Å². The first-order chi connectivity index (χ1) is 13.1. The van der Waals surface area contributed by atoms with Gasteiger partial charge in [-0.15, -0.1) is 6.58 Å². The first kappa shape index (κ1) is 21.2. The van der Waals surface area contributed by atoms with Crippen molar-refractivity contribution in [2.24, 2.45) is 0 Å². The van der Waals surface area contributed by atoms with Crippen molar-refractivity contribution in [3.05, 3.63) is 83.9 Å². The smallest absolute Gasteiger partial charge is 0.0991 e. The van der Waals surface area contributed by atoms with Crippen molar-refractivity contribution in [1.29, 1.82) is 5.26 Å². The van der Waals surface area contributed by atoms with E-state index in [2.05, 4.69) is 63.8 Å². The van der Waals surface area contributed by atoms with Crippen LogP contribution in [-0.4, -0.2) is 8.07 Å². The van der Waals surface area contributed by atoms with E-state index in [1.54, 1.807) is 0 Å². The van der Waals surface area contributed by atoms with E-state index >= 15 is 0 Å². The molecule has 0 radical (unpaired) electrons. The Bertz CT molecular complexity index is 736. The van der Waals surface area contributed by atoms with Crippen molar-refractivity contribution in [3.63, 3.8) is 0 Å². The quantitative estimate of drug-likeness (QED) is 0.330. The summed E-state index contributed by atoms with van der Waals surface area (Å²) in [6.45, 7) is 10.9. The average Bonchev–Trinajstić information content (AvgIpc) is 2.74. The zero-order valence-electron chi connectivity index (χ0n) is 16.8. The molecule has 0 fully saturated rings. The minimum atomic E-state index is -1.64. The van der Waals surface area contributed by atoms with Crippen LogP contribution >= 0.6 is 0 Å². The largest absolute Gasteiger partial charge is 0.369 e. The van der Waals surface area contributed by atoms with Gasteiger partial charge in [-0.05, 0) is 29.7 Å². The molecular formula is C24H31NOSi. The zero-order chi connectivity index (χ0) is 19.7. The molecule has 2 nitrogen and oxygen atoms in total. The Morgan fingerprint density at radius 1 is 0.963 bits per heavy atom. The number of hydrogen-bond acceptors (Lipinski definition) is 2. The second kappa shape index (κ2) is 10.3. The summed E-state index contributed by atoms with van der Waals surface area (Å²) in [6, 6.07) is 24.3. The van der Waals surface area contributed by atoms with E-state index in [0.29, 0.717) is 5.56 Å². The predicted molar refractivity (Wildman–Crippen MR) is 116 cm³/mol. The molecular weight excluding hydrogens is 346 g/mol. The van der Waals surface area contributed by atoms with Crippen LogP contribution in [0.15, 0.2) is 67.3 Å². The molecule has 0 aliphatic carbocycles. The summed E-state index contributed by atoms with van der Waals surface area (Å²) < 4.78 is 6.88. The fraction of sp³-hybridized carbons (Fsp3) is 0.375. The Labute approximate surface area is 165 Å². The number of nitrogens with zero attached hydrogens (tertiary/aromatic N) is 1. The third kappa shape index (κ3) is 4.97. The van der Waals surface area contributed by atoms with Gasteiger partial charge in [0, 0.05) is 0 Å². The molecule has 2 rings (SSSR count). The maximum atomic E-state index is 9.08. The van der Waals surface area contributed by atoms with Gasteiger partial charge in [0.25, 0.3) is 0 Å². The number of hydrogen-bond donors (Lipinski definition) is 0. The van der Waals surface area contributed by atoms with E-state index in [1.807, 2.05) is 30.3 Å². The van der Waals surface area contributed by atoms with Gasteiger partial charge in [0.15, 0.2) is 0 Å². The van der Waals surface area contributed by atoms with Gasteiger partial charge >= 0.3 is 0 Å². The van der Waals surface area contributed by atoms with Gasteiger partial charge in [0.2, 0.25) is 0 Å². The van der Waals surface area contributed by atoms with Crippen molar-refractivity contribution in [3.8, 4) is 6.07 Å². The summed E-state index contributed by atoms with van der Waals surface area (Å²) in [5.41, 5.74) is 3.23. The van der Waals surface area contributed by atoms with Crippen LogP contribution in [0.3, 0.4) is 0 Å². The van der Waals surface area contributed by atoms with Crippen molar-refractivity contribution in [2.75, 3.05) is 0 Å². The molecule has 0 aliphatic rings. The molecule has 0 spiro atoms. The Balaban J connectivity index is 2.43. The van der Waals surface area contributed by atoms with Gasteiger partial charge in [0.1, 0.15) is 0 Å². The molecule has 142 valence electrons. The lowest BCUT2D eigenvalue weighted by Gasteiger charge is -2.39. The highest BCUT2D eigenvalue weighted by Crippen LogP contribution is 2.41. The first-order valence-corrected chi connectivity index (χ1v) is 12.6.